The SMILES string of the molecule is CCn1ncc2c1[C@H](COC)CN(C(=O)c1cccs1)C2. The largest absolute Gasteiger partial charge is 0.384 e. The smallest absolute Gasteiger partial charge is 0.264 e. The summed E-state index contributed by atoms with van der Waals surface area (Å²) in [6, 6.07) is 3.79. The molecule has 2 aromatic rings. The van der Waals surface area contributed by atoms with Crippen LogP contribution >= 0.6 is 11.3 Å². The Hall–Kier alpha value is -1.66. The number of amides is 1. The lowest BCUT2D eigenvalue weighted by atomic mass is 9.96. The van der Waals surface area contributed by atoms with E-state index in [0.717, 1.165) is 17.0 Å². The van der Waals surface area contributed by atoms with Gasteiger partial charge >= 0.3 is 0 Å². The van der Waals surface area contributed by atoms with Gasteiger partial charge in [0.1, 0.15) is 0 Å². The van der Waals surface area contributed by atoms with Gasteiger partial charge in [0.05, 0.1) is 23.4 Å². The average molecular weight is 305 g/mol. The summed E-state index contributed by atoms with van der Waals surface area (Å²) in [5.41, 5.74) is 2.35. The van der Waals surface area contributed by atoms with Gasteiger partial charge in [-0.3, -0.25) is 9.48 Å². The highest BCUT2D eigenvalue weighted by Crippen LogP contribution is 2.30. The molecule has 21 heavy (non-hydrogen) atoms. The Labute approximate surface area is 128 Å². The number of rotatable bonds is 4. The summed E-state index contributed by atoms with van der Waals surface area (Å²) in [7, 11) is 1.70. The van der Waals surface area contributed by atoms with Crippen molar-refractivity contribution in [1.29, 1.82) is 0 Å². The molecule has 1 amide bonds. The molecule has 0 saturated carbocycles. The third-order valence-corrected chi connectivity index (χ3v) is 4.69. The molecule has 0 saturated heterocycles. The zero-order valence-corrected chi connectivity index (χ0v) is 13.1. The van der Waals surface area contributed by atoms with E-state index in [1.165, 1.54) is 17.0 Å². The number of aromatic nitrogens is 2. The number of carbonyl (C=O) groups excluding carboxylic acids is 1. The predicted molar refractivity (Wildman–Crippen MR) is 81.6 cm³/mol. The molecule has 0 fully saturated rings. The van der Waals surface area contributed by atoms with E-state index in [9.17, 15) is 4.79 Å². The first-order chi connectivity index (χ1) is 10.2. The Morgan fingerprint density at radius 1 is 1.57 bits per heavy atom. The Morgan fingerprint density at radius 3 is 3.10 bits per heavy atom. The summed E-state index contributed by atoms with van der Waals surface area (Å²) in [6.07, 6.45) is 1.88. The minimum atomic E-state index is 0.0981. The second-order valence-corrected chi connectivity index (χ2v) is 6.13. The molecule has 3 rings (SSSR count). The van der Waals surface area contributed by atoms with Gasteiger partial charge in [0.25, 0.3) is 5.91 Å². The summed E-state index contributed by atoms with van der Waals surface area (Å²) in [5, 5.41) is 6.37. The minimum Gasteiger partial charge on any atom is -0.384 e. The highest BCUT2D eigenvalue weighted by molar-refractivity contribution is 7.12. The topological polar surface area (TPSA) is 47.4 Å². The molecule has 0 bridgehead atoms. The third kappa shape index (κ3) is 2.61. The van der Waals surface area contributed by atoms with Gasteiger partial charge in [-0.15, -0.1) is 11.3 Å². The van der Waals surface area contributed by atoms with Crippen molar-refractivity contribution in [2.75, 3.05) is 20.3 Å². The van der Waals surface area contributed by atoms with E-state index >= 15 is 0 Å². The molecule has 0 aliphatic carbocycles. The molecule has 5 nitrogen and oxygen atoms in total. The Kier molecular flexibility index (Phi) is 4.07. The van der Waals surface area contributed by atoms with E-state index in [2.05, 4.69) is 12.0 Å². The first-order valence-corrected chi connectivity index (χ1v) is 7.98. The normalized spacial score (nSPS) is 17.8. The molecule has 2 aromatic heterocycles. The predicted octanol–water partition coefficient (Wildman–Crippen LogP) is 2.35. The van der Waals surface area contributed by atoms with Crippen molar-refractivity contribution in [1.82, 2.24) is 14.7 Å². The van der Waals surface area contributed by atoms with Crippen LogP contribution in [0.3, 0.4) is 0 Å². The van der Waals surface area contributed by atoms with Crippen molar-refractivity contribution < 1.29 is 9.53 Å². The number of aryl methyl sites for hydroxylation is 1. The Bertz CT molecular complexity index is 621. The van der Waals surface area contributed by atoms with Crippen LogP contribution < -0.4 is 0 Å². The third-order valence-electron chi connectivity index (χ3n) is 3.84. The Balaban J connectivity index is 1.89. The van der Waals surface area contributed by atoms with E-state index in [4.69, 9.17) is 4.74 Å². The van der Waals surface area contributed by atoms with E-state index in [-0.39, 0.29) is 11.8 Å². The monoisotopic (exact) mass is 305 g/mol. The van der Waals surface area contributed by atoms with Crippen molar-refractivity contribution in [2.24, 2.45) is 0 Å². The molecule has 3 heterocycles. The van der Waals surface area contributed by atoms with Gasteiger partial charge < -0.3 is 9.64 Å². The van der Waals surface area contributed by atoms with Crippen LogP contribution in [0, 0.1) is 0 Å². The van der Waals surface area contributed by atoms with E-state index < -0.39 is 0 Å². The van der Waals surface area contributed by atoms with Crippen LogP contribution in [0.25, 0.3) is 0 Å². The van der Waals surface area contributed by atoms with Crippen LogP contribution in [0.1, 0.15) is 33.8 Å². The molecule has 0 N–H and O–H groups in total. The lowest BCUT2D eigenvalue weighted by Crippen LogP contribution is -2.39. The summed E-state index contributed by atoms with van der Waals surface area (Å²) in [4.78, 5) is 15.3. The highest BCUT2D eigenvalue weighted by Gasteiger charge is 2.32. The van der Waals surface area contributed by atoms with Crippen molar-refractivity contribution in [2.45, 2.75) is 25.9 Å². The first kappa shape index (κ1) is 14.3. The fraction of sp³-hybridized carbons (Fsp3) is 0.467. The van der Waals surface area contributed by atoms with Crippen LogP contribution in [-0.2, 0) is 17.8 Å². The van der Waals surface area contributed by atoms with Crippen molar-refractivity contribution in [3.05, 3.63) is 39.8 Å². The minimum absolute atomic E-state index is 0.0981. The fourth-order valence-electron chi connectivity index (χ4n) is 2.95. The van der Waals surface area contributed by atoms with Gasteiger partial charge in [0.15, 0.2) is 0 Å². The summed E-state index contributed by atoms with van der Waals surface area (Å²) >= 11 is 1.49. The number of ether oxygens (including phenoxy) is 1. The van der Waals surface area contributed by atoms with Crippen molar-refractivity contribution in [3.8, 4) is 0 Å². The maximum absolute atomic E-state index is 12.6. The molecule has 112 valence electrons. The molecule has 0 spiro atoms. The molecule has 0 unspecified atom stereocenters. The Morgan fingerprint density at radius 2 is 2.43 bits per heavy atom. The van der Waals surface area contributed by atoms with Gasteiger partial charge in [0.2, 0.25) is 0 Å². The number of hydrogen-bond acceptors (Lipinski definition) is 4. The van der Waals surface area contributed by atoms with Crippen LogP contribution in [-0.4, -0.2) is 40.8 Å². The van der Waals surface area contributed by atoms with Gasteiger partial charge in [-0.05, 0) is 18.4 Å². The second-order valence-electron chi connectivity index (χ2n) is 5.19. The van der Waals surface area contributed by atoms with E-state index in [1.54, 1.807) is 7.11 Å². The molecule has 1 atom stereocenters. The molecular formula is C15H19N3O2S. The summed E-state index contributed by atoms with van der Waals surface area (Å²) < 4.78 is 7.37. The molecule has 1 aliphatic rings. The highest BCUT2D eigenvalue weighted by atomic mass is 32.1. The zero-order valence-electron chi connectivity index (χ0n) is 12.3. The van der Waals surface area contributed by atoms with E-state index in [0.29, 0.717) is 19.7 Å². The van der Waals surface area contributed by atoms with Crippen LogP contribution in [0.5, 0.6) is 0 Å². The number of carbonyl (C=O) groups is 1. The molecule has 1 aliphatic heterocycles. The first-order valence-electron chi connectivity index (χ1n) is 7.10. The van der Waals surface area contributed by atoms with Gasteiger partial charge in [0, 0.05) is 38.2 Å². The van der Waals surface area contributed by atoms with Crippen LogP contribution in [0.2, 0.25) is 0 Å². The summed E-state index contributed by atoms with van der Waals surface area (Å²) in [5.74, 6) is 0.283. The molecule has 0 aromatic carbocycles. The van der Waals surface area contributed by atoms with Gasteiger partial charge in [-0.2, -0.15) is 5.10 Å². The van der Waals surface area contributed by atoms with Crippen LogP contribution in [0.15, 0.2) is 23.7 Å². The van der Waals surface area contributed by atoms with Gasteiger partial charge in [-0.1, -0.05) is 6.07 Å². The van der Waals surface area contributed by atoms with Crippen molar-refractivity contribution in [3.63, 3.8) is 0 Å². The summed E-state index contributed by atoms with van der Waals surface area (Å²) in [6.45, 7) is 4.84. The maximum atomic E-state index is 12.6. The van der Waals surface area contributed by atoms with Crippen molar-refractivity contribution >= 4 is 17.2 Å². The van der Waals surface area contributed by atoms with E-state index in [1.807, 2.05) is 33.3 Å². The molecule has 6 heteroatoms. The number of hydrogen-bond donors (Lipinski definition) is 0. The zero-order chi connectivity index (χ0) is 14.8. The standard InChI is InChI=1S/C15H19N3O2S/c1-3-18-14-11(7-16-18)8-17(9-12(14)10-20-2)15(19)13-5-4-6-21-13/h4-7,12H,3,8-10H2,1-2H3/t12-/m0/s1. The lowest BCUT2D eigenvalue weighted by molar-refractivity contribution is 0.0680. The number of nitrogens with zero attached hydrogens (tertiary/aromatic N) is 3. The average Bonchev–Trinajstić information content (AvgIpc) is 3.16. The molecular weight excluding hydrogens is 286 g/mol. The maximum Gasteiger partial charge on any atom is 0.264 e. The fourth-order valence-corrected chi connectivity index (χ4v) is 3.64. The van der Waals surface area contributed by atoms with Crippen LogP contribution in [0.4, 0.5) is 0 Å². The molecule has 0 radical (unpaired) electrons. The quantitative estimate of drug-likeness (QED) is 0.871. The van der Waals surface area contributed by atoms with Gasteiger partial charge in [-0.25, -0.2) is 0 Å². The number of thiophene rings is 1. The lowest BCUT2D eigenvalue weighted by Gasteiger charge is -2.33. The number of fused-ring (bicyclic) bond motifs is 1. The second kappa shape index (κ2) is 5.99. The number of methoxy groups -OCH3 is 1.